The van der Waals surface area contributed by atoms with Gasteiger partial charge in [0.25, 0.3) is 10.0 Å². The monoisotopic (exact) mass is 375 g/mol. The highest BCUT2D eigenvalue weighted by atomic mass is 79.9. The molecule has 0 heterocycles. The van der Waals surface area contributed by atoms with E-state index >= 15 is 0 Å². The molecule has 0 radical (unpaired) electrons. The first kappa shape index (κ1) is 15.3. The molecule has 106 valence electrons. The molecule has 20 heavy (non-hydrogen) atoms. The summed E-state index contributed by atoms with van der Waals surface area (Å²) in [4.78, 5) is 0.0685. The van der Waals surface area contributed by atoms with E-state index in [-0.39, 0.29) is 11.5 Å². The lowest BCUT2D eigenvalue weighted by Crippen LogP contribution is -2.13. The molecule has 2 N–H and O–H groups in total. The number of halogens is 2. The van der Waals surface area contributed by atoms with Gasteiger partial charge in [-0.3, -0.25) is 4.72 Å². The zero-order valence-corrected chi connectivity index (χ0v) is 13.3. The molecule has 2 rings (SSSR count). The van der Waals surface area contributed by atoms with Crippen LogP contribution in [0.2, 0.25) is 5.02 Å². The van der Waals surface area contributed by atoms with Crippen LogP contribution in [0.4, 0.5) is 5.69 Å². The van der Waals surface area contributed by atoms with Gasteiger partial charge in [0.15, 0.2) is 0 Å². The second-order valence-corrected chi connectivity index (χ2v) is 6.98. The van der Waals surface area contributed by atoms with Crippen LogP contribution in [0.3, 0.4) is 0 Å². The molecule has 0 amide bonds. The van der Waals surface area contributed by atoms with Gasteiger partial charge < -0.3 is 5.11 Å². The Morgan fingerprint density at radius 3 is 2.40 bits per heavy atom. The van der Waals surface area contributed by atoms with Crippen molar-refractivity contribution in [2.45, 2.75) is 11.5 Å². The summed E-state index contributed by atoms with van der Waals surface area (Å²) in [5.41, 5.74) is 0.931. The molecule has 0 fully saturated rings. The minimum atomic E-state index is -3.74. The van der Waals surface area contributed by atoms with Crippen molar-refractivity contribution < 1.29 is 13.5 Å². The Morgan fingerprint density at radius 2 is 1.80 bits per heavy atom. The highest BCUT2D eigenvalue weighted by Crippen LogP contribution is 2.26. The molecule has 0 aliphatic carbocycles. The molecule has 0 aromatic heterocycles. The van der Waals surface area contributed by atoms with Gasteiger partial charge in [0.2, 0.25) is 0 Å². The van der Waals surface area contributed by atoms with Crippen molar-refractivity contribution in [2.75, 3.05) is 4.72 Å². The van der Waals surface area contributed by atoms with E-state index in [4.69, 9.17) is 16.7 Å². The van der Waals surface area contributed by atoms with E-state index in [0.717, 1.165) is 0 Å². The van der Waals surface area contributed by atoms with Crippen LogP contribution in [0, 0.1) is 0 Å². The predicted molar refractivity (Wildman–Crippen MR) is 82.3 cm³/mol. The van der Waals surface area contributed by atoms with E-state index in [2.05, 4.69) is 20.7 Å². The van der Waals surface area contributed by atoms with E-state index in [1.165, 1.54) is 6.07 Å². The summed E-state index contributed by atoms with van der Waals surface area (Å²) in [6.45, 7) is -0.225. The largest absolute Gasteiger partial charge is 0.392 e. The van der Waals surface area contributed by atoms with Crippen molar-refractivity contribution in [3.05, 3.63) is 57.5 Å². The minimum Gasteiger partial charge on any atom is -0.392 e. The number of aliphatic hydroxyl groups is 1. The van der Waals surface area contributed by atoms with Crippen LogP contribution in [-0.4, -0.2) is 13.5 Å². The molecule has 0 unspecified atom stereocenters. The summed E-state index contributed by atoms with van der Waals surface area (Å²) in [5.74, 6) is 0. The SMILES string of the molecule is O=S(=O)(Nc1ccc(Cl)cc1)c1cc(CO)ccc1Br. The van der Waals surface area contributed by atoms with Crippen LogP contribution in [-0.2, 0) is 16.6 Å². The summed E-state index contributed by atoms with van der Waals surface area (Å²) in [5, 5.41) is 9.62. The smallest absolute Gasteiger partial charge is 0.263 e. The molecule has 0 aliphatic heterocycles. The van der Waals surface area contributed by atoms with Crippen molar-refractivity contribution in [2.24, 2.45) is 0 Å². The third-order valence-corrected chi connectivity index (χ3v) is 5.19. The lowest BCUT2D eigenvalue weighted by atomic mass is 10.2. The Kier molecular flexibility index (Phi) is 4.70. The van der Waals surface area contributed by atoms with E-state index in [9.17, 15) is 8.42 Å². The number of aliphatic hydroxyl groups excluding tert-OH is 1. The second-order valence-electron chi connectivity index (χ2n) is 4.04. The summed E-state index contributed by atoms with van der Waals surface area (Å²) in [6.07, 6.45) is 0. The first-order chi connectivity index (χ1) is 9.42. The van der Waals surface area contributed by atoms with Gasteiger partial charge in [0.1, 0.15) is 4.90 Å². The Labute approximate surface area is 130 Å². The number of benzene rings is 2. The molecule has 0 aliphatic rings. The second kappa shape index (κ2) is 6.13. The molecule has 2 aromatic carbocycles. The van der Waals surface area contributed by atoms with Crippen molar-refractivity contribution in [1.82, 2.24) is 0 Å². The van der Waals surface area contributed by atoms with Crippen LogP contribution in [0.5, 0.6) is 0 Å². The van der Waals surface area contributed by atoms with E-state index in [1.807, 2.05) is 0 Å². The molecule has 0 bridgehead atoms. The van der Waals surface area contributed by atoms with Crippen LogP contribution >= 0.6 is 27.5 Å². The molecule has 0 saturated carbocycles. The van der Waals surface area contributed by atoms with Gasteiger partial charge >= 0.3 is 0 Å². The normalized spacial score (nSPS) is 11.3. The number of anilines is 1. The quantitative estimate of drug-likeness (QED) is 0.859. The summed E-state index contributed by atoms with van der Waals surface area (Å²) >= 11 is 8.95. The van der Waals surface area contributed by atoms with Gasteiger partial charge in [0, 0.05) is 15.2 Å². The van der Waals surface area contributed by atoms with Crippen LogP contribution < -0.4 is 4.72 Å². The summed E-state index contributed by atoms with van der Waals surface area (Å²) < 4.78 is 27.5. The molecule has 4 nitrogen and oxygen atoms in total. The van der Waals surface area contributed by atoms with Crippen molar-refractivity contribution in [3.63, 3.8) is 0 Å². The summed E-state index contributed by atoms with van der Waals surface area (Å²) in [6, 6.07) is 11.0. The number of hydrogen-bond acceptors (Lipinski definition) is 3. The van der Waals surface area contributed by atoms with Gasteiger partial charge in [0.05, 0.1) is 6.61 Å². The van der Waals surface area contributed by atoms with Crippen molar-refractivity contribution >= 4 is 43.2 Å². The number of nitrogens with one attached hydrogen (secondary N) is 1. The first-order valence-corrected chi connectivity index (χ1v) is 8.25. The molecule has 2 aromatic rings. The molecule has 7 heteroatoms. The Balaban J connectivity index is 2.37. The van der Waals surface area contributed by atoms with E-state index in [0.29, 0.717) is 20.7 Å². The highest BCUT2D eigenvalue weighted by Gasteiger charge is 2.18. The number of sulfonamides is 1. The maximum absolute atomic E-state index is 12.3. The first-order valence-electron chi connectivity index (χ1n) is 5.60. The lowest BCUT2D eigenvalue weighted by molar-refractivity contribution is 0.281. The van der Waals surface area contributed by atoms with E-state index < -0.39 is 10.0 Å². The zero-order valence-electron chi connectivity index (χ0n) is 10.2. The molecular weight excluding hydrogens is 366 g/mol. The van der Waals surface area contributed by atoms with Gasteiger partial charge in [-0.2, -0.15) is 0 Å². The number of hydrogen-bond donors (Lipinski definition) is 2. The molecule has 0 atom stereocenters. The fourth-order valence-corrected chi connectivity index (χ4v) is 3.78. The predicted octanol–water partition coefficient (Wildman–Crippen LogP) is 3.40. The maximum Gasteiger partial charge on any atom is 0.263 e. The summed E-state index contributed by atoms with van der Waals surface area (Å²) in [7, 11) is -3.74. The number of rotatable bonds is 4. The molecule has 0 spiro atoms. The Morgan fingerprint density at radius 1 is 1.15 bits per heavy atom. The van der Waals surface area contributed by atoms with Crippen LogP contribution in [0.1, 0.15) is 5.56 Å². The van der Waals surface area contributed by atoms with Gasteiger partial charge in [-0.05, 0) is 57.9 Å². The fourth-order valence-electron chi connectivity index (χ4n) is 1.58. The van der Waals surface area contributed by atoms with E-state index in [1.54, 1.807) is 36.4 Å². The average molecular weight is 377 g/mol. The van der Waals surface area contributed by atoms with Crippen molar-refractivity contribution in [3.8, 4) is 0 Å². The standard InChI is InChI=1S/C13H11BrClNO3S/c14-12-6-1-9(8-17)7-13(12)20(18,19)16-11-4-2-10(15)3-5-11/h1-7,16-17H,8H2. The third-order valence-electron chi connectivity index (χ3n) is 2.56. The van der Waals surface area contributed by atoms with Gasteiger partial charge in [-0.15, -0.1) is 0 Å². The minimum absolute atomic E-state index is 0.0685. The van der Waals surface area contributed by atoms with Gasteiger partial charge in [-0.1, -0.05) is 17.7 Å². The van der Waals surface area contributed by atoms with Crippen LogP contribution in [0.15, 0.2) is 51.8 Å². The van der Waals surface area contributed by atoms with Crippen molar-refractivity contribution in [1.29, 1.82) is 0 Å². The lowest BCUT2D eigenvalue weighted by Gasteiger charge is -2.10. The molecule has 0 saturated heterocycles. The van der Waals surface area contributed by atoms with Crippen LogP contribution in [0.25, 0.3) is 0 Å². The fraction of sp³-hybridized carbons (Fsp3) is 0.0769. The maximum atomic E-state index is 12.3. The van der Waals surface area contributed by atoms with Gasteiger partial charge in [-0.25, -0.2) is 8.42 Å². The third kappa shape index (κ3) is 3.52. The zero-order chi connectivity index (χ0) is 14.8. The average Bonchev–Trinajstić information content (AvgIpc) is 2.41. The topological polar surface area (TPSA) is 66.4 Å². The Hall–Kier alpha value is -1.08. The highest BCUT2D eigenvalue weighted by molar-refractivity contribution is 9.10. The Bertz CT molecular complexity index is 717. The molecular formula is C13H11BrClNO3S.